The molecule has 0 N–H and O–H groups in total. The van der Waals surface area contributed by atoms with E-state index in [0.29, 0.717) is 0 Å². The number of nitrogens with zero attached hydrogens (tertiary/aromatic N) is 2. The summed E-state index contributed by atoms with van der Waals surface area (Å²) < 4.78 is 7.05. The second-order valence-corrected chi connectivity index (χ2v) is 16.8. The molecular formula is C38H41IN2+2. The van der Waals surface area contributed by atoms with Gasteiger partial charge in [-0.05, 0) is 0 Å². The predicted molar refractivity (Wildman–Crippen MR) is 180 cm³/mol. The minimum atomic E-state index is -2.13. The molecule has 0 saturated carbocycles. The van der Waals surface area contributed by atoms with Crippen LogP contribution in [0.1, 0.15) is 57.6 Å². The quantitative estimate of drug-likeness (QED) is 0.0897. The van der Waals surface area contributed by atoms with Crippen molar-refractivity contribution in [3.8, 4) is 33.6 Å². The summed E-state index contributed by atoms with van der Waals surface area (Å²) in [6.45, 7) is 9.36. The van der Waals surface area contributed by atoms with E-state index in [2.05, 4.69) is 151 Å². The third-order valence-electron chi connectivity index (χ3n) is 8.65. The Labute approximate surface area is 253 Å². The van der Waals surface area contributed by atoms with Crippen LogP contribution in [-0.2, 0) is 9.97 Å². The van der Waals surface area contributed by atoms with Crippen LogP contribution in [0.4, 0.5) is 0 Å². The number of aromatic nitrogens is 2. The van der Waals surface area contributed by atoms with Gasteiger partial charge in [0.05, 0.1) is 0 Å². The van der Waals surface area contributed by atoms with Crippen LogP contribution < -0.4 is 7.35 Å². The molecule has 0 saturated heterocycles. The van der Waals surface area contributed by atoms with Crippen LogP contribution in [0.25, 0.3) is 33.6 Å². The van der Waals surface area contributed by atoms with Crippen LogP contribution in [0.5, 0.6) is 0 Å². The van der Waals surface area contributed by atoms with Gasteiger partial charge in [0.1, 0.15) is 0 Å². The molecule has 41 heavy (non-hydrogen) atoms. The number of fused-ring (bicyclic) bond motifs is 3. The summed E-state index contributed by atoms with van der Waals surface area (Å²) in [7, 11) is 0. The maximum absolute atomic E-state index is 2.74. The first-order valence-corrected chi connectivity index (χ1v) is 18.3. The molecule has 0 spiro atoms. The van der Waals surface area contributed by atoms with Crippen LogP contribution in [0.15, 0.2) is 116 Å². The van der Waals surface area contributed by atoms with E-state index < -0.39 is 20.1 Å². The van der Waals surface area contributed by atoms with Crippen molar-refractivity contribution in [2.24, 2.45) is 0 Å². The summed E-state index contributed by atoms with van der Waals surface area (Å²) in [5.41, 5.74) is 10.8. The Hall–Kier alpha value is -3.31. The normalized spacial score (nSPS) is 14.4. The van der Waals surface area contributed by atoms with Gasteiger partial charge in [-0.15, -0.1) is 0 Å². The van der Waals surface area contributed by atoms with Gasteiger partial charge in [0.2, 0.25) is 0 Å². The molecule has 3 aromatic carbocycles. The number of halogens is 1. The van der Waals surface area contributed by atoms with Crippen molar-refractivity contribution in [2.45, 2.75) is 63.3 Å². The van der Waals surface area contributed by atoms with Crippen LogP contribution in [0.3, 0.4) is 0 Å². The molecule has 0 fully saturated rings. The molecule has 208 valence electrons. The zero-order valence-corrected chi connectivity index (χ0v) is 26.9. The topological polar surface area (TPSA) is 7.76 Å². The SMILES string of the molecule is CCCCc1cc[n+]2c(c1)-c1ccccc1I([n+]1ccc(-c3ccccc3)cc1-c1ccccc1C)C2(CC)CC. The average Bonchev–Trinajstić information content (AvgIpc) is 3.03. The van der Waals surface area contributed by atoms with Crippen molar-refractivity contribution in [3.05, 3.63) is 130 Å². The van der Waals surface area contributed by atoms with Gasteiger partial charge in [-0.1, -0.05) is 0 Å². The Morgan fingerprint density at radius 2 is 1.37 bits per heavy atom. The fourth-order valence-corrected chi connectivity index (χ4v) is 14.3. The van der Waals surface area contributed by atoms with E-state index in [9.17, 15) is 0 Å². The number of benzene rings is 3. The van der Waals surface area contributed by atoms with Gasteiger partial charge < -0.3 is 0 Å². The molecule has 0 aliphatic carbocycles. The Kier molecular flexibility index (Phi) is 8.07. The summed E-state index contributed by atoms with van der Waals surface area (Å²) in [6.07, 6.45) is 10.7. The molecule has 1 aliphatic heterocycles. The molecule has 0 bridgehead atoms. The van der Waals surface area contributed by atoms with Crippen LogP contribution in [0, 0.1) is 10.5 Å². The standard InChI is InChI=1S/C38H41IN2/c1-5-8-17-30-23-25-40-36(27-30)34-21-14-15-22-35(34)39(38(40,6-2)7-3)41-26-24-32(31-18-10-9-11-19-31)28-37(41)33-20-13-12-16-29(33)4/h9-16,18-28H,5-8,17H2,1-4H3/q+2. The first-order chi connectivity index (χ1) is 20.1. The van der Waals surface area contributed by atoms with Crippen LogP contribution in [-0.4, -0.2) is 0 Å². The third-order valence-corrected chi connectivity index (χ3v) is 16.5. The molecular weight excluding hydrogens is 611 g/mol. The van der Waals surface area contributed by atoms with E-state index in [0.717, 1.165) is 19.3 Å². The van der Waals surface area contributed by atoms with Crippen molar-refractivity contribution < 1.29 is 7.35 Å². The fraction of sp³-hybridized carbons (Fsp3) is 0.263. The zero-order valence-electron chi connectivity index (χ0n) is 24.8. The maximum atomic E-state index is 2.74. The predicted octanol–water partition coefficient (Wildman–Crippen LogP) is 9.54. The zero-order chi connectivity index (χ0) is 28.4. The molecule has 6 rings (SSSR count). The first kappa shape index (κ1) is 27.8. The number of aryl methyl sites for hydroxylation is 2. The second kappa shape index (κ2) is 11.9. The van der Waals surface area contributed by atoms with E-state index in [1.54, 1.807) is 3.57 Å². The van der Waals surface area contributed by atoms with E-state index in [1.165, 1.54) is 57.6 Å². The number of hydrogen-bond donors (Lipinski definition) is 0. The van der Waals surface area contributed by atoms with E-state index >= 15 is 0 Å². The van der Waals surface area contributed by atoms with E-state index in [4.69, 9.17) is 0 Å². The number of pyridine rings is 2. The summed E-state index contributed by atoms with van der Waals surface area (Å²) in [5.74, 6) is 0. The molecule has 0 atom stereocenters. The molecule has 3 heterocycles. The second-order valence-electron chi connectivity index (χ2n) is 11.1. The number of unbranched alkanes of at least 4 members (excludes halogenated alkanes) is 1. The van der Waals surface area contributed by atoms with Gasteiger partial charge in [-0.3, -0.25) is 0 Å². The molecule has 0 amide bonds. The van der Waals surface area contributed by atoms with Gasteiger partial charge >= 0.3 is 255 Å². The van der Waals surface area contributed by atoms with Crippen LogP contribution >= 0.6 is 20.1 Å². The van der Waals surface area contributed by atoms with Gasteiger partial charge in [0.25, 0.3) is 0 Å². The monoisotopic (exact) mass is 652 g/mol. The summed E-state index contributed by atoms with van der Waals surface area (Å²) in [6, 6.07) is 38.7. The summed E-state index contributed by atoms with van der Waals surface area (Å²) >= 11 is -2.13. The number of hydrogen-bond acceptors (Lipinski definition) is 0. The van der Waals surface area contributed by atoms with Crippen molar-refractivity contribution >= 4 is 20.1 Å². The molecule has 0 unspecified atom stereocenters. The van der Waals surface area contributed by atoms with Gasteiger partial charge in [-0.2, -0.15) is 0 Å². The Bertz CT molecular complexity index is 1670. The minimum absolute atomic E-state index is 0.0489. The summed E-state index contributed by atoms with van der Waals surface area (Å²) in [5, 5.41) is 0. The Morgan fingerprint density at radius 1 is 0.659 bits per heavy atom. The third kappa shape index (κ3) is 4.92. The van der Waals surface area contributed by atoms with E-state index in [1.807, 2.05) is 0 Å². The fourth-order valence-electron chi connectivity index (χ4n) is 6.34. The number of alkyl halides is 1. The van der Waals surface area contributed by atoms with Gasteiger partial charge in [0, 0.05) is 0 Å². The first-order valence-electron chi connectivity index (χ1n) is 15.1. The molecule has 3 heteroatoms. The van der Waals surface area contributed by atoms with E-state index in [-0.39, 0.29) is 3.55 Å². The average molecular weight is 653 g/mol. The molecule has 2 nitrogen and oxygen atoms in total. The van der Waals surface area contributed by atoms with Crippen LogP contribution in [0.2, 0.25) is 0 Å². The molecule has 2 aromatic heterocycles. The van der Waals surface area contributed by atoms with Gasteiger partial charge in [-0.25, -0.2) is 0 Å². The summed E-state index contributed by atoms with van der Waals surface area (Å²) in [4.78, 5) is 0. The van der Waals surface area contributed by atoms with Crippen molar-refractivity contribution in [3.63, 3.8) is 0 Å². The Balaban J connectivity index is 1.63. The van der Waals surface area contributed by atoms with Crippen molar-refractivity contribution in [1.82, 2.24) is 0 Å². The number of rotatable bonds is 8. The molecule has 5 aromatic rings. The van der Waals surface area contributed by atoms with Crippen molar-refractivity contribution in [2.75, 3.05) is 0 Å². The van der Waals surface area contributed by atoms with Gasteiger partial charge in [0.15, 0.2) is 0 Å². The Morgan fingerprint density at radius 3 is 2.10 bits per heavy atom. The molecule has 0 radical (unpaired) electrons. The van der Waals surface area contributed by atoms with Crippen molar-refractivity contribution in [1.29, 1.82) is 0 Å². The molecule has 1 aliphatic rings.